The topological polar surface area (TPSA) is 71.4 Å². The van der Waals surface area contributed by atoms with Gasteiger partial charge in [0.05, 0.1) is 0 Å². The van der Waals surface area contributed by atoms with Gasteiger partial charge in [0.2, 0.25) is 0 Å². The van der Waals surface area contributed by atoms with Crippen LogP contribution in [0, 0.1) is 0 Å². The predicted octanol–water partition coefficient (Wildman–Crippen LogP) is 7.59. The van der Waals surface area contributed by atoms with Crippen LogP contribution in [0.15, 0.2) is 0 Å². The Morgan fingerprint density at radius 3 is 1.24 bits per heavy atom. The first-order valence-corrected chi connectivity index (χ1v) is 13.2. The Morgan fingerprint density at radius 1 is 0.621 bits per heavy atom. The van der Waals surface area contributed by atoms with E-state index in [-0.39, 0.29) is 10.2 Å². The Bertz CT molecular complexity index is 434. The van der Waals surface area contributed by atoms with Crippen molar-refractivity contribution in [1.82, 2.24) is 0 Å². The number of unbranched alkanes of at least 4 members (excludes halogenated alkanes) is 12. The molecule has 0 radical (unpaired) electrons. The van der Waals surface area contributed by atoms with Crippen LogP contribution in [0.4, 0.5) is 0 Å². The highest BCUT2D eigenvalue weighted by Gasteiger charge is 2.39. The van der Waals surface area contributed by atoms with Crippen LogP contribution < -0.4 is 0 Å². The summed E-state index contributed by atoms with van der Waals surface area (Å²) in [6.45, 7) is 5.86. The SMILES string of the molecule is CCCCCCCCCC(=O)SC(C)(SC(=O)CCCCCCCCC)C(=O)O. The van der Waals surface area contributed by atoms with Gasteiger partial charge in [-0.1, -0.05) is 114 Å². The van der Waals surface area contributed by atoms with Crippen molar-refractivity contribution in [2.24, 2.45) is 0 Å². The quantitative estimate of drug-likeness (QED) is 0.163. The van der Waals surface area contributed by atoms with E-state index in [1.54, 1.807) is 0 Å². The van der Waals surface area contributed by atoms with Crippen LogP contribution in [0.3, 0.4) is 0 Å². The average Bonchev–Trinajstić information content (AvgIpc) is 2.66. The Labute approximate surface area is 186 Å². The van der Waals surface area contributed by atoms with Crippen molar-refractivity contribution in [1.29, 1.82) is 0 Å². The average molecular weight is 447 g/mol. The number of rotatable bonds is 19. The first kappa shape index (κ1) is 28.5. The number of aliphatic carboxylic acids is 1. The van der Waals surface area contributed by atoms with E-state index >= 15 is 0 Å². The second-order valence-electron chi connectivity index (χ2n) is 7.94. The molecule has 4 nitrogen and oxygen atoms in total. The maximum Gasteiger partial charge on any atom is 0.330 e. The molecule has 0 aromatic rings. The maximum atomic E-state index is 12.2. The molecule has 0 rings (SSSR count). The number of carboxylic acid groups (broad SMARTS) is 1. The molecule has 0 fully saturated rings. The zero-order chi connectivity index (χ0) is 22.0. The van der Waals surface area contributed by atoms with E-state index in [9.17, 15) is 19.5 Å². The summed E-state index contributed by atoms with van der Waals surface area (Å²) < 4.78 is -1.42. The van der Waals surface area contributed by atoms with Gasteiger partial charge in [-0.2, -0.15) is 0 Å². The molecule has 0 aliphatic heterocycles. The van der Waals surface area contributed by atoms with Crippen molar-refractivity contribution in [2.75, 3.05) is 0 Å². The molecule has 0 amide bonds. The molecule has 0 heterocycles. The molecule has 0 aromatic carbocycles. The van der Waals surface area contributed by atoms with Crippen LogP contribution in [0.2, 0.25) is 0 Å². The molecule has 0 saturated carbocycles. The second kappa shape index (κ2) is 18.3. The predicted molar refractivity (Wildman–Crippen MR) is 126 cm³/mol. The summed E-state index contributed by atoms with van der Waals surface area (Å²) in [6.07, 6.45) is 16.5. The highest BCUT2D eigenvalue weighted by atomic mass is 32.2. The van der Waals surface area contributed by atoms with Crippen molar-refractivity contribution in [3.63, 3.8) is 0 Å². The molecule has 0 saturated heterocycles. The second-order valence-corrected chi connectivity index (χ2v) is 11.2. The Hall–Kier alpha value is -0.490. The zero-order valence-corrected chi connectivity index (χ0v) is 20.4. The fourth-order valence-electron chi connectivity index (χ4n) is 3.10. The van der Waals surface area contributed by atoms with Crippen LogP contribution in [0.25, 0.3) is 0 Å². The normalized spacial score (nSPS) is 11.6. The van der Waals surface area contributed by atoms with E-state index in [1.165, 1.54) is 58.3 Å². The van der Waals surface area contributed by atoms with Gasteiger partial charge in [0, 0.05) is 12.8 Å². The van der Waals surface area contributed by atoms with E-state index < -0.39 is 10.0 Å². The van der Waals surface area contributed by atoms with Crippen LogP contribution in [0.5, 0.6) is 0 Å². The third kappa shape index (κ3) is 15.9. The van der Waals surface area contributed by atoms with E-state index in [4.69, 9.17) is 0 Å². The molecule has 1 N–H and O–H groups in total. The van der Waals surface area contributed by atoms with Crippen molar-refractivity contribution in [3.8, 4) is 0 Å². The smallest absolute Gasteiger partial charge is 0.330 e. The highest BCUT2D eigenvalue weighted by Crippen LogP contribution is 2.40. The minimum atomic E-state index is -1.42. The summed E-state index contributed by atoms with van der Waals surface area (Å²) >= 11 is 1.62. The van der Waals surface area contributed by atoms with E-state index in [2.05, 4.69) is 13.8 Å². The van der Waals surface area contributed by atoms with Crippen LogP contribution >= 0.6 is 23.5 Å². The molecule has 0 unspecified atom stereocenters. The van der Waals surface area contributed by atoms with Crippen molar-refractivity contribution < 1.29 is 19.5 Å². The zero-order valence-electron chi connectivity index (χ0n) is 18.8. The van der Waals surface area contributed by atoms with Crippen LogP contribution in [-0.2, 0) is 14.4 Å². The van der Waals surface area contributed by atoms with Gasteiger partial charge in [-0.15, -0.1) is 0 Å². The molecule has 29 heavy (non-hydrogen) atoms. The molecular formula is C23H42O4S2. The molecule has 0 atom stereocenters. The summed E-state index contributed by atoms with van der Waals surface area (Å²) in [4.78, 5) is 36.2. The first-order valence-electron chi connectivity index (χ1n) is 11.5. The Kier molecular flexibility index (Phi) is 18.0. The fraction of sp³-hybridized carbons (Fsp3) is 0.870. The van der Waals surface area contributed by atoms with Crippen LogP contribution in [0.1, 0.15) is 124 Å². The monoisotopic (exact) mass is 446 g/mol. The van der Waals surface area contributed by atoms with Gasteiger partial charge < -0.3 is 5.11 Å². The minimum Gasteiger partial charge on any atom is -0.480 e. The van der Waals surface area contributed by atoms with Crippen molar-refractivity contribution in [2.45, 2.75) is 128 Å². The Morgan fingerprint density at radius 2 is 0.931 bits per heavy atom. The summed E-state index contributed by atoms with van der Waals surface area (Å²) in [5.41, 5.74) is 0. The number of thioether (sulfide) groups is 2. The van der Waals surface area contributed by atoms with Gasteiger partial charge in [0.25, 0.3) is 0 Å². The lowest BCUT2D eigenvalue weighted by molar-refractivity contribution is -0.137. The molecule has 0 aromatic heterocycles. The summed E-state index contributed by atoms with van der Waals surface area (Å²) in [6, 6.07) is 0. The molecule has 0 aliphatic rings. The number of carboxylic acids is 1. The summed E-state index contributed by atoms with van der Waals surface area (Å²) in [5, 5.41) is 9.32. The molecule has 0 bridgehead atoms. The minimum absolute atomic E-state index is 0.125. The first-order chi connectivity index (χ1) is 13.9. The largest absolute Gasteiger partial charge is 0.480 e. The number of hydrogen-bond acceptors (Lipinski definition) is 5. The maximum absolute atomic E-state index is 12.2. The van der Waals surface area contributed by atoms with E-state index in [0.717, 1.165) is 62.0 Å². The van der Waals surface area contributed by atoms with Gasteiger partial charge in [-0.25, -0.2) is 4.79 Å². The number of carbonyl (C=O) groups excluding carboxylic acids is 2. The standard InChI is InChI=1S/C23H42O4S2/c1-4-6-8-10-12-14-16-18-20(24)28-23(3,22(26)27)29-21(25)19-17-15-13-11-9-7-5-2/h4-19H2,1-3H3,(H,26,27). The highest BCUT2D eigenvalue weighted by molar-refractivity contribution is 8.31. The van der Waals surface area contributed by atoms with E-state index in [0.29, 0.717) is 12.8 Å². The van der Waals surface area contributed by atoms with E-state index in [1.807, 2.05) is 0 Å². The van der Waals surface area contributed by atoms with Crippen molar-refractivity contribution >= 4 is 39.7 Å². The third-order valence-electron chi connectivity index (χ3n) is 4.97. The van der Waals surface area contributed by atoms with Crippen LogP contribution in [-0.4, -0.2) is 25.4 Å². The van der Waals surface area contributed by atoms with Gasteiger partial charge in [-0.05, 0) is 19.8 Å². The van der Waals surface area contributed by atoms with Gasteiger partial charge in [0.1, 0.15) is 0 Å². The number of hydrogen-bond donors (Lipinski definition) is 1. The number of carbonyl (C=O) groups is 3. The molecule has 6 heteroatoms. The lowest BCUT2D eigenvalue weighted by atomic mass is 10.1. The van der Waals surface area contributed by atoms with Crippen molar-refractivity contribution in [3.05, 3.63) is 0 Å². The molecule has 0 spiro atoms. The molecular weight excluding hydrogens is 404 g/mol. The molecule has 170 valence electrons. The summed E-state index contributed by atoms with van der Waals surface area (Å²) in [7, 11) is 0. The van der Waals surface area contributed by atoms with Gasteiger partial charge in [-0.3, -0.25) is 9.59 Å². The molecule has 0 aliphatic carbocycles. The summed E-state index contributed by atoms with van der Waals surface area (Å²) in [5.74, 6) is -1.10. The third-order valence-corrected chi connectivity index (χ3v) is 7.47. The van der Waals surface area contributed by atoms with Gasteiger partial charge in [0.15, 0.2) is 14.3 Å². The fourth-order valence-corrected chi connectivity index (χ4v) is 5.36. The lowest BCUT2D eigenvalue weighted by Gasteiger charge is -2.21. The van der Waals surface area contributed by atoms with Gasteiger partial charge >= 0.3 is 5.97 Å². The Balaban J connectivity index is 4.12. The lowest BCUT2D eigenvalue weighted by Crippen LogP contribution is -2.30.